The van der Waals surface area contributed by atoms with Crippen LogP contribution in [0.15, 0.2) is 27.1 Å². The van der Waals surface area contributed by atoms with Gasteiger partial charge in [-0.15, -0.1) is 0 Å². The van der Waals surface area contributed by atoms with Crippen molar-refractivity contribution in [3.63, 3.8) is 0 Å². The van der Waals surface area contributed by atoms with Crippen LogP contribution in [0.5, 0.6) is 5.75 Å². The lowest BCUT2D eigenvalue weighted by Gasteiger charge is -2.53. The third-order valence-electron chi connectivity index (χ3n) is 4.33. The molecule has 1 aliphatic carbocycles. The number of hydrogen-bond donors (Lipinski definition) is 1. The SMILES string of the molecule is CCC1(CC)C(N)CC1Oc1ccc(Br)cc1Br. The first kappa shape index (κ1) is 14.4. The zero-order valence-corrected chi connectivity index (χ0v) is 13.9. The predicted octanol–water partition coefficient (Wildman–Crippen LogP) is 4.50. The number of nitrogens with two attached hydrogens (primary N) is 1. The summed E-state index contributed by atoms with van der Waals surface area (Å²) in [5, 5.41) is 0. The van der Waals surface area contributed by atoms with Crippen LogP contribution >= 0.6 is 31.9 Å². The summed E-state index contributed by atoms with van der Waals surface area (Å²) in [4.78, 5) is 0. The molecular formula is C14H19Br2NO. The lowest BCUT2D eigenvalue weighted by molar-refractivity contribution is -0.0725. The number of benzene rings is 1. The molecule has 2 rings (SSSR count). The largest absolute Gasteiger partial charge is 0.489 e. The highest BCUT2D eigenvalue weighted by Gasteiger charge is 2.52. The lowest BCUT2D eigenvalue weighted by Crippen LogP contribution is -2.62. The fraction of sp³-hybridized carbons (Fsp3) is 0.571. The zero-order valence-electron chi connectivity index (χ0n) is 10.7. The average Bonchev–Trinajstić information content (AvgIpc) is 2.33. The van der Waals surface area contributed by atoms with Gasteiger partial charge in [-0.25, -0.2) is 0 Å². The highest BCUT2D eigenvalue weighted by molar-refractivity contribution is 9.11. The van der Waals surface area contributed by atoms with E-state index in [-0.39, 0.29) is 17.6 Å². The van der Waals surface area contributed by atoms with Crippen molar-refractivity contribution in [1.82, 2.24) is 0 Å². The van der Waals surface area contributed by atoms with Gasteiger partial charge in [0.05, 0.1) is 4.47 Å². The first-order valence-corrected chi connectivity index (χ1v) is 7.99. The molecule has 2 N–H and O–H groups in total. The van der Waals surface area contributed by atoms with Crippen LogP contribution < -0.4 is 10.5 Å². The first-order chi connectivity index (χ1) is 8.53. The highest BCUT2D eigenvalue weighted by atomic mass is 79.9. The predicted molar refractivity (Wildman–Crippen MR) is 81.9 cm³/mol. The van der Waals surface area contributed by atoms with Crippen LogP contribution in [-0.2, 0) is 0 Å². The van der Waals surface area contributed by atoms with E-state index in [4.69, 9.17) is 10.5 Å². The van der Waals surface area contributed by atoms with Gasteiger partial charge in [-0.05, 0) is 47.0 Å². The van der Waals surface area contributed by atoms with Crippen molar-refractivity contribution in [3.8, 4) is 5.75 Å². The Morgan fingerprint density at radius 3 is 2.50 bits per heavy atom. The molecule has 1 saturated carbocycles. The van der Waals surface area contributed by atoms with Crippen LogP contribution in [0.4, 0.5) is 0 Å². The van der Waals surface area contributed by atoms with Crippen molar-refractivity contribution < 1.29 is 4.74 Å². The van der Waals surface area contributed by atoms with Crippen LogP contribution in [-0.4, -0.2) is 12.1 Å². The van der Waals surface area contributed by atoms with Gasteiger partial charge in [-0.1, -0.05) is 29.8 Å². The molecule has 0 aliphatic heterocycles. The molecule has 100 valence electrons. The Hall–Kier alpha value is -0.0600. The minimum absolute atomic E-state index is 0.145. The molecule has 4 heteroatoms. The van der Waals surface area contributed by atoms with E-state index < -0.39 is 0 Å². The maximum absolute atomic E-state index is 6.19. The van der Waals surface area contributed by atoms with Gasteiger partial charge in [0.2, 0.25) is 0 Å². The molecule has 2 nitrogen and oxygen atoms in total. The first-order valence-electron chi connectivity index (χ1n) is 6.40. The maximum atomic E-state index is 6.19. The number of hydrogen-bond acceptors (Lipinski definition) is 2. The molecule has 1 aliphatic rings. The topological polar surface area (TPSA) is 35.2 Å². The van der Waals surface area contributed by atoms with Gasteiger partial charge < -0.3 is 10.5 Å². The molecule has 18 heavy (non-hydrogen) atoms. The normalized spacial score (nSPS) is 25.6. The molecule has 0 aromatic heterocycles. The standard InChI is InChI=1S/C14H19Br2NO/c1-3-14(4-2)12(17)8-13(14)18-11-6-5-9(15)7-10(11)16/h5-7,12-13H,3-4,8,17H2,1-2H3. The Balaban J connectivity index is 2.15. The van der Waals surface area contributed by atoms with Gasteiger partial charge in [0, 0.05) is 22.4 Å². The van der Waals surface area contributed by atoms with E-state index in [0.29, 0.717) is 0 Å². The second-order valence-corrected chi connectivity index (χ2v) is 6.73. The lowest BCUT2D eigenvalue weighted by atomic mass is 9.59. The Bertz CT molecular complexity index is 432. The molecular weight excluding hydrogens is 358 g/mol. The van der Waals surface area contributed by atoms with Crippen molar-refractivity contribution in [2.75, 3.05) is 0 Å². The molecule has 2 atom stereocenters. The molecule has 0 radical (unpaired) electrons. The van der Waals surface area contributed by atoms with E-state index in [1.54, 1.807) is 0 Å². The molecule has 0 amide bonds. The van der Waals surface area contributed by atoms with Gasteiger partial charge in [-0.2, -0.15) is 0 Å². The zero-order chi connectivity index (χ0) is 13.3. The summed E-state index contributed by atoms with van der Waals surface area (Å²) in [5.74, 6) is 0.904. The summed E-state index contributed by atoms with van der Waals surface area (Å²) in [6.45, 7) is 4.41. The summed E-state index contributed by atoms with van der Waals surface area (Å²) in [6.07, 6.45) is 3.33. The van der Waals surface area contributed by atoms with Crippen molar-refractivity contribution in [2.24, 2.45) is 11.1 Å². The van der Waals surface area contributed by atoms with Crippen molar-refractivity contribution in [2.45, 2.75) is 45.3 Å². The minimum atomic E-state index is 0.145. The summed E-state index contributed by atoms with van der Waals surface area (Å²) in [7, 11) is 0. The monoisotopic (exact) mass is 375 g/mol. The van der Waals surface area contributed by atoms with E-state index in [0.717, 1.165) is 34.0 Å². The Labute approximate surface area is 126 Å². The Morgan fingerprint density at radius 2 is 2.00 bits per heavy atom. The average molecular weight is 377 g/mol. The second kappa shape index (κ2) is 5.51. The summed E-state index contributed by atoms with van der Waals surface area (Å²) in [6, 6.07) is 6.27. The highest BCUT2D eigenvalue weighted by Crippen LogP contribution is 2.48. The van der Waals surface area contributed by atoms with Crippen LogP contribution in [0.2, 0.25) is 0 Å². The van der Waals surface area contributed by atoms with Gasteiger partial charge in [0.25, 0.3) is 0 Å². The summed E-state index contributed by atoms with van der Waals surface area (Å²) < 4.78 is 8.19. The van der Waals surface area contributed by atoms with E-state index in [9.17, 15) is 0 Å². The fourth-order valence-corrected chi connectivity index (χ4v) is 4.04. The molecule has 1 fully saturated rings. The summed E-state index contributed by atoms with van der Waals surface area (Å²) >= 11 is 6.99. The minimum Gasteiger partial charge on any atom is -0.489 e. The third-order valence-corrected chi connectivity index (χ3v) is 5.44. The van der Waals surface area contributed by atoms with Gasteiger partial charge >= 0.3 is 0 Å². The van der Waals surface area contributed by atoms with Crippen molar-refractivity contribution in [1.29, 1.82) is 0 Å². The number of rotatable bonds is 4. The second-order valence-electron chi connectivity index (χ2n) is 4.96. The third kappa shape index (κ3) is 2.35. The fourth-order valence-electron chi connectivity index (χ4n) is 2.90. The van der Waals surface area contributed by atoms with E-state index in [1.165, 1.54) is 0 Å². The molecule has 0 spiro atoms. The van der Waals surface area contributed by atoms with E-state index in [2.05, 4.69) is 45.7 Å². The maximum Gasteiger partial charge on any atom is 0.134 e. The summed E-state index contributed by atoms with van der Waals surface area (Å²) in [5.41, 5.74) is 6.33. The molecule has 2 unspecified atom stereocenters. The van der Waals surface area contributed by atoms with Gasteiger partial charge in [0.1, 0.15) is 11.9 Å². The van der Waals surface area contributed by atoms with E-state index in [1.807, 2.05) is 18.2 Å². The van der Waals surface area contributed by atoms with Crippen molar-refractivity contribution in [3.05, 3.63) is 27.1 Å². The van der Waals surface area contributed by atoms with Gasteiger partial charge in [-0.3, -0.25) is 0 Å². The van der Waals surface area contributed by atoms with Crippen LogP contribution in [0.3, 0.4) is 0 Å². The van der Waals surface area contributed by atoms with Gasteiger partial charge in [0.15, 0.2) is 0 Å². The van der Waals surface area contributed by atoms with Crippen LogP contribution in [0.1, 0.15) is 33.1 Å². The molecule has 1 aromatic carbocycles. The molecule has 0 bridgehead atoms. The number of ether oxygens (including phenoxy) is 1. The molecule has 1 aromatic rings. The number of halogens is 2. The van der Waals surface area contributed by atoms with E-state index >= 15 is 0 Å². The molecule has 0 heterocycles. The quantitative estimate of drug-likeness (QED) is 0.839. The Morgan fingerprint density at radius 1 is 1.33 bits per heavy atom. The van der Waals surface area contributed by atoms with Crippen molar-refractivity contribution >= 4 is 31.9 Å². The smallest absolute Gasteiger partial charge is 0.134 e. The van der Waals surface area contributed by atoms with Crippen LogP contribution in [0.25, 0.3) is 0 Å². The Kier molecular flexibility index (Phi) is 4.40. The molecule has 0 saturated heterocycles. The van der Waals surface area contributed by atoms with Crippen LogP contribution in [0, 0.1) is 5.41 Å².